The molecule has 0 fully saturated rings. The smallest absolute Gasteiger partial charge is 0.251 e. The van der Waals surface area contributed by atoms with Crippen LogP contribution in [0.3, 0.4) is 0 Å². The van der Waals surface area contributed by atoms with Gasteiger partial charge in [-0.1, -0.05) is 44.2 Å². The lowest BCUT2D eigenvalue weighted by Gasteiger charge is -2.25. The van der Waals surface area contributed by atoms with E-state index in [1.807, 2.05) is 0 Å². The van der Waals surface area contributed by atoms with Crippen molar-refractivity contribution in [2.75, 3.05) is 6.54 Å². The van der Waals surface area contributed by atoms with Crippen molar-refractivity contribution in [2.45, 2.75) is 45.3 Å². The van der Waals surface area contributed by atoms with E-state index >= 15 is 0 Å². The van der Waals surface area contributed by atoms with E-state index in [0.29, 0.717) is 0 Å². The third-order valence-corrected chi connectivity index (χ3v) is 5.69. The Morgan fingerprint density at radius 2 is 1.59 bits per heavy atom. The second-order valence-corrected chi connectivity index (χ2v) is 9.17. The number of carbonyl (C=O) groups excluding carboxylic acids is 5. The maximum Gasteiger partial charge on any atom is 0.251 e. The maximum atomic E-state index is 13.6. The van der Waals surface area contributed by atoms with Crippen LogP contribution in [0.15, 0.2) is 48.5 Å². The molecule has 12 heteroatoms. The summed E-state index contributed by atoms with van der Waals surface area (Å²) in [5, 5.41) is 19.0. The average molecular weight is 539 g/mol. The molecule has 0 radical (unpaired) electrons. The molecule has 11 nitrogen and oxygen atoms in total. The number of primary amides is 1. The van der Waals surface area contributed by atoms with Gasteiger partial charge in [-0.25, -0.2) is 4.39 Å². The molecule has 3 atom stereocenters. The van der Waals surface area contributed by atoms with Crippen LogP contribution in [0.2, 0.25) is 0 Å². The molecule has 39 heavy (non-hydrogen) atoms. The van der Waals surface area contributed by atoms with Gasteiger partial charge in [0, 0.05) is 12.0 Å². The molecule has 2 aromatic rings. The normalized spacial score (nSPS) is 12.8. The van der Waals surface area contributed by atoms with Crippen LogP contribution in [-0.4, -0.2) is 54.2 Å². The van der Waals surface area contributed by atoms with Crippen LogP contribution in [0.1, 0.15) is 42.3 Å². The predicted molar refractivity (Wildman–Crippen MR) is 139 cm³/mol. The van der Waals surface area contributed by atoms with E-state index in [-0.39, 0.29) is 17.5 Å². The van der Waals surface area contributed by atoms with Gasteiger partial charge < -0.3 is 27.0 Å². The minimum absolute atomic E-state index is 0.0112. The minimum atomic E-state index is -1.10. The molecular formula is C27H31FN6O5. The van der Waals surface area contributed by atoms with Crippen molar-refractivity contribution in [2.24, 2.45) is 11.7 Å². The van der Waals surface area contributed by atoms with Gasteiger partial charge in [-0.3, -0.25) is 24.0 Å². The molecule has 0 saturated heterocycles. The Hall–Kier alpha value is -4.79. The Balaban J connectivity index is 2.09. The highest BCUT2D eigenvalue weighted by Gasteiger charge is 2.29. The van der Waals surface area contributed by atoms with E-state index in [0.717, 1.165) is 17.7 Å². The van der Waals surface area contributed by atoms with Crippen molar-refractivity contribution in [3.63, 3.8) is 0 Å². The zero-order chi connectivity index (χ0) is 29.1. The number of amides is 5. The summed E-state index contributed by atoms with van der Waals surface area (Å²) in [6, 6.07) is 10.5. The van der Waals surface area contributed by atoms with E-state index in [9.17, 15) is 28.4 Å². The number of rotatable bonds is 12. The number of nitrogens with two attached hydrogens (primary N) is 1. The van der Waals surface area contributed by atoms with Gasteiger partial charge in [0.2, 0.25) is 23.6 Å². The van der Waals surface area contributed by atoms with Gasteiger partial charge in [-0.15, -0.1) is 0 Å². The first-order valence-electron chi connectivity index (χ1n) is 12.1. The molecule has 2 aromatic carbocycles. The number of nitrogens with one attached hydrogen (secondary N) is 4. The van der Waals surface area contributed by atoms with E-state index in [2.05, 4.69) is 21.3 Å². The molecule has 2 unspecified atom stereocenters. The summed E-state index contributed by atoms with van der Waals surface area (Å²) in [6.07, 6.45) is 0.116. The lowest BCUT2D eigenvalue weighted by Crippen LogP contribution is -2.57. The number of hydrogen-bond donors (Lipinski definition) is 5. The zero-order valence-electron chi connectivity index (χ0n) is 21.8. The van der Waals surface area contributed by atoms with Gasteiger partial charge in [-0.2, -0.15) is 5.26 Å². The van der Waals surface area contributed by atoms with Crippen molar-refractivity contribution in [3.05, 3.63) is 71.0 Å². The van der Waals surface area contributed by atoms with Crippen LogP contribution in [0, 0.1) is 23.1 Å². The zero-order valence-corrected chi connectivity index (χ0v) is 21.8. The lowest BCUT2D eigenvalue weighted by molar-refractivity contribution is -0.132. The quantitative estimate of drug-likeness (QED) is 0.259. The van der Waals surface area contributed by atoms with Crippen molar-refractivity contribution in [1.29, 1.82) is 5.26 Å². The largest absolute Gasteiger partial charge is 0.368 e. The van der Waals surface area contributed by atoms with Crippen LogP contribution in [0.25, 0.3) is 0 Å². The van der Waals surface area contributed by atoms with Crippen molar-refractivity contribution in [3.8, 4) is 6.07 Å². The second kappa shape index (κ2) is 14.2. The van der Waals surface area contributed by atoms with E-state index in [1.54, 1.807) is 50.2 Å². The number of nitriles is 1. The Kier molecular flexibility index (Phi) is 11.1. The molecule has 0 bridgehead atoms. The molecule has 0 spiro atoms. The predicted octanol–water partition coefficient (Wildman–Crippen LogP) is 0.285. The third kappa shape index (κ3) is 9.23. The second-order valence-electron chi connectivity index (χ2n) is 9.17. The molecule has 5 amide bonds. The summed E-state index contributed by atoms with van der Waals surface area (Å²) < 4.78 is 13.6. The summed E-state index contributed by atoms with van der Waals surface area (Å²) in [4.78, 5) is 62.3. The van der Waals surface area contributed by atoms with Gasteiger partial charge in [-0.05, 0) is 36.6 Å². The van der Waals surface area contributed by atoms with E-state index in [1.165, 1.54) is 13.0 Å². The average Bonchev–Trinajstić information content (AvgIpc) is 2.90. The fourth-order valence-corrected chi connectivity index (χ4v) is 3.53. The monoisotopic (exact) mass is 538 g/mol. The van der Waals surface area contributed by atoms with Crippen LogP contribution in [-0.2, 0) is 25.6 Å². The molecule has 0 heterocycles. The number of carbonyl (C=O) groups is 5. The number of halogens is 1. The summed E-state index contributed by atoms with van der Waals surface area (Å²) in [7, 11) is 0. The highest BCUT2D eigenvalue weighted by molar-refractivity contribution is 5.99. The first-order chi connectivity index (χ1) is 18.4. The summed E-state index contributed by atoms with van der Waals surface area (Å²) >= 11 is 0. The minimum Gasteiger partial charge on any atom is -0.368 e. The van der Waals surface area contributed by atoms with Crippen molar-refractivity contribution < 1.29 is 28.4 Å². The number of hydrogen-bond acceptors (Lipinski definition) is 6. The Labute approximate surface area is 225 Å². The fourth-order valence-electron chi connectivity index (χ4n) is 3.53. The molecular weight excluding hydrogens is 507 g/mol. The highest BCUT2D eigenvalue weighted by Crippen LogP contribution is 2.11. The molecule has 0 aromatic heterocycles. The van der Waals surface area contributed by atoms with Gasteiger partial charge in [0.25, 0.3) is 5.91 Å². The Bertz CT molecular complexity index is 1260. The number of nitrogens with zero attached hydrogens (tertiary/aromatic N) is 1. The molecule has 206 valence electrons. The van der Waals surface area contributed by atoms with Crippen molar-refractivity contribution in [1.82, 2.24) is 21.3 Å². The Morgan fingerprint density at radius 1 is 0.923 bits per heavy atom. The molecule has 2 rings (SSSR count). The SMILES string of the molecule is CC(C)C(NC(=O)c1ccc(F)c(C#N)c1)C(=O)N[C@H](C)C(=O)NC(Cc1ccccc1)C(=O)NCC(N)=O. The van der Waals surface area contributed by atoms with Crippen molar-refractivity contribution >= 4 is 29.5 Å². The van der Waals surface area contributed by atoms with Gasteiger partial charge >= 0.3 is 0 Å². The van der Waals surface area contributed by atoms with Crippen LogP contribution in [0.4, 0.5) is 4.39 Å². The van der Waals surface area contributed by atoms with Gasteiger partial charge in [0.05, 0.1) is 12.1 Å². The first kappa shape index (κ1) is 30.4. The standard InChI is InChI=1S/C27H31FN6O5/c1-15(2)23(34-25(37)18-9-10-20(28)19(12-18)13-29)27(39)32-16(3)24(36)33-21(26(38)31-14-22(30)35)11-17-7-5-4-6-8-17/h4-10,12,15-16,21,23H,11,14H2,1-3H3,(H2,30,35)(H,31,38)(H,32,39)(H,33,36)(H,34,37)/t16-,21?,23?/m1/s1. The fraction of sp³-hybridized carbons (Fsp3) is 0.333. The highest BCUT2D eigenvalue weighted by atomic mass is 19.1. The van der Waals surface area contributed by atoms with Crippen LogP contribution < -0.4 is 27.0 Å². The van der Waals surface area contributed by atoms with E-state index < -0.39 is 65.9 Å². The number of benzene rings is 2. The first-order valence-corrected chi connectivity index (χ1v) is 12.1. The van der Waals surface area contributed by atoms with E-state index in [4.69, 9.17) is 11.0 Å². The summed E-state index contributed by atoms with van der Waals surface area (Å²) in [5.41, 5.74) is 5.51. The van der Waals surface area contributed by atoms with Crippen LogP contribution >= 0.6 is 0 Å². The third-order valence-electron chi connectivity index (χ3n) is 5.69. The summed E-state index contributed by atoms with van der Waals surface area (Å²) in [6.45, 7) is 4.36. The van der Waals surface area contributed by atoms with Crippen LogP contribution in [0.5, 0.6) is 0 Å². The maximum absolute atomic E-state index is 13.6. The topological polar surface area (TPSA) is 183 Å². The van der Waals surface area contributed by atoms with Gasteiger partial charge in [0.15, 0.2) is 0 Å². The molecule has 0 aliphatic carbocycles. The molecule has 0 aliphatic heterocycles. The van der Waals surface area contributed by atoms with Gasteiger partial charge in [0.1, 0.15) is 30.0 Å². The molecule has 0 aliphatic rings. The molecule has 0 saturated carbocycles. The molecule has 6 N–H and O–H groups in total. The lowest BCUT2D eigenvalue weighted by atomic mass is 10.0. The summed E-state index contributed by atoms with van der Waals surface area (Å²) in [5.74, 6) is -4.60. The Morgan fingerprint density at radius 3 is 2.18 bits per heavy atom.